The Bertz CT molecular complexity index is 405. The van der Waals surface area contributed by atoms with Crippen molar-refractivity contribution in [1.29, 1.82) is 0 Å². The molecule has 1 N–H and O–H groups in total. The summed E-state index contributed by atoms with van der Waals surface area (Å²) in [6.07, 6.45) is 5.10. The second kappa shape index (κ2) is 5.66. The molecule has 1 saturated carbocycles. The Morgan fingerprint density at radius 2 is 1.63 bits per heavy atom. The van der Waals surface area contributed by atoms with Crippen LogP contribution in [0.5, 0.6) is 0 Å². The predicted octanol–water partition coefficient (Wildman–Crippen LogP) is 4.42. The molecule has 1 aromatic carbocycles. The van der Waals surface area contributed by atoms with Gasteiger partial charge in [0.25, 0.3) is 0 Å². The summed E-state index contributed by atoms with van der Waals surface area (Å²) in [6.45, 7) is 8.88. The van der Waals surface area contributed by atoms with Crippen LogP contribution in [0.3, 0.4) is 0 Å². The summed E-state index contributed by atoms with van der Waals surface area (Å²) in [6, 6.07) is 6.64. The standard InChI is InChI=1S/C18H28O/c1-13(2)17-5-7-18(19,8-6-17)12-16-10-14(3)9-15(4)11-16/h9-11,13,17,19H,5-8,12H2,1-4H3. The van der Waals surface area contributed by atoms with Crippen molar-refractivity contribution >= 4 is 0 Å². The molecule has 19 heavy (non-hydrogen) atoms. The van der Waals surface area contributed by atoms with Crippen molar-refractivity contribution in [1.82, 2.24) is 0 Å². The number of benzene rings is 1. The van der Waals surface area contributed by atoms with Crippen LogP contribution in [0.15, 0.2) is 18.2 Å². The van der Waals surface area contributed by atoms with Crippen LogP contribution in [0.4, 0.5) is 0 Å². The minimum absolute atomic E-state index is 0.467. The highest BCUT2D eigenvalue weighted by Gasteiger charge is 2.34. The zero-order valence-corrected chi connectivity index (χ0v) is 12.9. The minimum Gasteiger partial charge on any atom is -0.390 e. The van der Waals surface area contributed by atoms with Gasteiger partial charge in [-0.15, -0.1) is 0 Å². The fraction of sp³-hybridized carbons (Fsp3) is 0.667. The summed E-state index contributed by atoms with van der Waals surface area (Å²) in [4.78, 5) is 0. The lowest BCUT2D eigenvalue weighted by molar-refractivity contribution is -0.0146. The molecule has 1 heteroatoms. The lowest BCUT2D eigenvalue weighted by Gasteiger charge is -2.37. The first-order valence-corrected chi connectivity index (χ1v) is 7.67. The minimum atomic E-state index is -0.467. The monoisotopic (exact) mass is 260 g/mol. The van der Waals surface area contributed by atoms with Crippen LogP contribution in [0.2, 0.25) is 0 Å². The Labute approximate surface area is 118 Å². The van der Waals surface area contributed by atoms with Crippen LogP contribution in [0.1, 0.15) is 56.2 Å². The first-order valence-electron chi connectivity index (χ1n) is 7.67. The molecule has 0 aliphatic heterocycles. The van der Waals surface area contributed by atoms with Gasteiger partial charge in [-0.2, -0.15) is 0 Å². The molecule has 1 aromatic rings. The number of hydrogen-bond donors (Lipinski definition) is 1. The molecular formula is C18H28O. The van der Waals surface area contributed by atoms with E-state index < -0.39 is 5.60 Å². The van der Waals surface area contributed by atoms with Gasteiger partial charge in [0.05, 0.1) is 5.60 Å². The van der Waals surface area contributed by atoms with Crippen molar-refractivity contribution in [2.45, 2.75) is 65.4 Å². The van der Waals surface area contributed by atoms with Crippen molar-refractivity contribution in [2.75, 3.05) is 0 Å². The number of aliphatic hydroxyl groups is 1. The molecule has 0 aromatic heterocycles. The molecular weight excluding hydrogens is 232 g/mol. The Morgan fingerprint density at radius 3 is 2.11 bits per heavy atom. The van der Waals surface area contributed by atoms with Crippen LogP contribution in [0, 0.1) is 25.7 Å². The third-order valence-corrected chi connectivity index (χ3v) is 4.72. The highest BCUT2D eigenvalue weighted by molar-refractivity contribution is 5.29. The maximum absolute atomic E-state index is 10.8. The summed E-state index contributed by atoms with van der Waals surface area (Å²) in [5, 5.41) is 10.8. The number of rotatable bonds is 3. The fourth-order valence-electron chi connectivity index (χ4n) is 3.57. The summed E-state index contributed by atoms with van der Waals surface area (Å²) < 4.78 is 0. The van der Waals surface area contributed by atoms with Crippen LogP contribution in [0.25, 0.3) is 0 Å². The average Bonchev–Trinajstić information content (AvgIpc) is 2.27. The maximum atomic E-state index is 10.8. The maximum Gasteiger partial charge on any atom is 0.0688 e. The van der Waals surface area contributed by atoms with Gasteiger partial charge in [-0.05, 0) is 56.9 Å². The highest BCUT2D eigenvalue weighted by Crippen LogP contribution is 2.37. The average molecular weight is 260 g/mol. The van der Waals surface area contributed by atoms with Crippen molar-refractivity contribution in [2.24, 2.45) is 11.8 Å². The molecule has 0 heterocycles. The Balaban J connectivity index is 2.02. The molecule has 0 spiro atoms. The number of hydrogen-bond acceptors (Lipinski definition) is 1. The lowest BCUT2D eigenvalue weighted by Crippen LogP contribution is -2.37. The zero-order valence-electron chi connectivity index (χ0n) is 12.9. The van der Waals surface area contributed by atoms with Gasteiger partial charge in [0, 0.05) is 6.42 Å². The third kappa shape index (κ3) is 3.82. The van der Waals surface area contributed by atoms with Crippen molar-refractivity contribution < 1.29 is 5.11 Å². The molecule has 2 rings (SSSR count). The van der Waals surface area contributed by atoms with E-state index in [1.165, 1.54) is 29.5 Å². The van der Waals surface area contributed by atoms with E-state index in [-0.39, 0.29) is 0 Å². The summed E-state index contributed by atoms with van der Waals surface area (Å²) in [5.74, 6) is 1.56. The SMILES string of the molecule is Cc1cc(C)cc(CC2(O)CCC(C(C)C)CC2)c1. The van der Waals surface area contributed by atoms with E-state index >= 15 is 0 Å². The Hall–Kier alpha value is -0.820. The van der Waals surface area contributed by atoms with Gasteiger partial charge in [-0.3, -0.25) is 0 Å². The molecule has 0 radical (unpaired) electrons. The van der Waals surface area contributed by atoms with Crippen molar-refractivity contribution in [3.63, 3.8) is 0 Å². The van der Waals surface area contributed by atoms with Crippen LogP contribution in [-0.2, 0) is 6.42 Å². The molecule has 1 aliphatic rings. The van der Waals surface area contributed by atoms with Gasteiger partial charge in [0.2, 0.25) is 0 Å². The summed E-state index contributed by atoms with van der Waals surface area (Å²) >= 11 is 0. The lowest BCUT2D eigenvalue weighted by atomic mass is 9.72. The molecule has 1 aliphatic carbocycles. The third-order valence-electron chi connectivity index (χ3n) is 4.72. The van der Waals surface area contributed by atoms with Gasteiger partial charge >= 0.3 is 0 Å². The fourth-order valence-corrected chi connectivity index (χ4v) is 3.57. The van der Waals surface area contributed by atoms with Crippen LogP contribution < -0.4 is 0 Å². The topological polar surface area (TPSA) is 20.2 Å². The number of aryl methyl sites for hydroxylation is 2. The largest absolute Gasteiger partial charge is 0.390 e. The van der Waals surface area contributed by atoms with E-state index in [4.69, 9.17) is 0 Å². The Kier molecular flexibility index (Phi) is 4.35. The van der Waals surface area contributed by atoms with E-state index in [0.29, 0.717) is 0 Å². The molecule has 1 nitrogen and oxygen atoms in total. The zero-order chi connectivity index (χ0) is 14.0. The van der Waals surface area contributed by atoms with E-state index in [0.717, 1.165) is 31.1 Å². The highest BCUT2D eigenvalue weighted by atomic mass is 16.3. The molecule has 0 saturated heterocycles. The molecule has 1 fully saturated rings. The first-order chi connectivity index (χ1) is 8.88. The molecule has 0 amide bonds. The van der Waals surface area contributed by atoms with Gasteiger partial charge in [0.15, 0.2) is 0 Å². The molecule has 0 unspecified atom stereocenters. The first kappa shape index (κ1) is 14.6. The smallest absolute Gasteiger partial charge is 0.0688 e. The Morgan fingerprint density at radius 1 is 1.11 bits per heavy atom. The van der Waals surface area contributed by atoms with E-state index in [9.17, 15) is 5.11 Å². The molecule has 0 atom stereocenters. The van der Waals surface area contributed by atoms with E-state index in [1.807, 2.05) is 0 Å². The second-order valence-electron chi connectivity index (χ2n) is 6.98. The van der Waals surface area contributed by atoms with Crippen molar-refractivity contribution in [3.05, 3.63) is 34.9 Å². The van der Waals surface area contributed by atoms with E-state index in [1.54, 1.807) is 0 Å². The van der Waals surface area contributed by atoms with E-state index in [2.05, 4.69) is 45.9 Å². The summed E-state index contributed by atoms with van der Waals surface area (Å²) in [7, 11) is 0. The van der Waals surface area contributed by atoms with Gasteiger partial charge < -0.3 is 5.11 Å². The van der Waals surface area contributed by atoms with Gasteiger partial charge in [-0.1, -0.05) is 43.2 Å². The van der Waals surface area contributed by atoms with Gasteiger partial charge in [-0.25, -0.2) is 0 Å². The molecule has 0 bridgehead atoms. The van der Waals surface area contributed by atoms with Gasteiger partial charge in [0.1, 0.15) is 0 Å². The van der Waals surface area contributed by atoms with Crippen LogP contribution >= 0.6 is 0 Å². The predicted molar refractivity (Wildman–Crippen MR) is 81.4 cm³/mol. The quantitative estimate of drug-likeness (QED) is 0.852. The normalized spacial score (nSPS) is 27.8. The second-order valence-corrected chi connectivity index (χ2v) is 6.98. The summed E-state index contributed by atoms with van der Waals surface area (Å²) in [5.41, 5.74) is 3.43. The molecule has 106 valence electrons. The van der Waals surface area contributed by atoms with Crippen LogP contribution in [-0.4, -0.2) is 10.7 Å². The van der Waals surface area contributed by atoms with Crippen molar-refractivity contribution in [3.8, 4) is 0 Å².